The number of nitrogens with zero attached hydrogens (tertiary/aromatic N) is 3. The van der Waals surface area contributed by atoms with Crippen LogP contribution in [-0.2, 0) is 6.42 Å². The van der Waals surface area contributed by atoms with Crippen molar-refractivity contribution >= 4 is 0 Å². The topological polar surface area (TPSA) is 67.6 Å². The van der Waals surface area contributed by atoms with Gasteiger partial charge in [0.05, 0.1) is 5.69 Å². The fourth-order valence-electron chi connectivity index (χ4n) is 0.695. The van der Waals surface area contributed by atoms with E-state index in [1.165, 1.54) is 10.9 Å². The molecule has 0 bridgehead atoms. The number of nitriles is 1. The number of imidazole rings is 1. The largest absolute Gasteiger partial charge is 0.330 e. The second-order valence-corrected chi connectivity index (χ2v) is 1.91. The van der Waals surface area contributed by atoms with Gasteiger partial charge in [-0.25, -0.2) is 9.55 Å². The summed E-state index contributed by atoms with van der Waals surface area (Å²) in [6, 6.07) is 0. The third-order valence-electron chi connectivity index (χ3n) is 1.15. The van der Waals surface area contributed by atoms with Crippen molar-refractivity contribution in [3.63, 3.8) is 0 Å². The third-order valence-corrected chi connectivity index (χ3v) is 1.15. The quantitative estimate of drug-likeness (QED) is 0.607. The van der Waals surface area contributed by atoms with Crippen LogP contribution < -0.4 is 5.73 Å². The molecule has 0 aliphatic carbocycles. The normalized spacial score (nSPS) is 9.20. The fourth-order valence-corrected chi connectivity index (χ4v) is 0.695. The molecule has 1 heterocycles. The molecule has 1 rings (SSSR count). The van der Waals surface area contributed by atoms with E-state index in [9.17, 15) is 0 Å². The summed E-state index contributed by atoms with van der Waals surface area (Å²) in [5, 5.41) is 8.36. The minimum absolute atomic E-state index is 0.572. The van der Waals surface area contributed by atoms with E-state index in [4.69, 9.17) is 11.0 Å². The smallest absolute Gasteiger partial charge is 0.189 e. The molecule has 0 unspecified atom stereocenters. The molecule has 52 valence electrons. The van der Waals surface area contributed by atoms with Crippen molar-refractivity contribution in [1.82, 2.24) is 9.55 Å². The molecular formula is C6H8N4. The van der Waals surface area contributed by atoms with Crippen LogP contribution >= 0.6 is 0 Å². The van der Waals surface area contributed by atoms with Crippen molar-refractivity contribution in [3.8, 4) is 6.19 Å². The molecule has 4 heteroatoms. The molecule has 0 saturated carbocycles. The van der Waals surface area contributed by atoms with Gasteiger partial charge in [0, 0.05) is 12.6 Å². The van der Waals surface area contributed by atoms with E-state index in [2.05, 4.69) is 4.98 Å². The van der Waals surface area contributed by atoms with E-state index in [-0.39, 0.29) is 0 Å². The Morgan fingerprint density at radius 2 is 2.60 bits per heavy atom. The molecule has 0 aromatic carbocycles. The van der Waals surface area contributed by atoms with E-state index >= 15 is 0 Å². The van der Waals surface area contributed by atoms with Crippen LogP contribution in [0.4, 0.5) is 0 Å². The van der Waals surface area contributed by atoms with Crippen LogP contribution in [0.1, 0.15) is 5.69 Å². The van der Waals surface area contributed by atoms with Crippen molar-refractivity contribution in [2.75, 3.05) is 6.54 Å². The van der Waals surface area contributed by atoms with Gasteiger partial charge in [-0.1, -0.05) is 0 Å². The second-order valence-electron chi connectivity index (χ2n) is 1.91. The SMILES string of the molecule is N#Cn1cnc(CCN)c1. The van der Waals surface area contributed by atoms with E-state index in [0.717, 1.165) is 12.1 Å². The van der Waals surface area contributed by atoms with E-state index in [1.54, 1.807) is 6.20 Å². The first-order chi connectivity index (χ1) is 4.86. The Balaban J connectivity index is 2.71. The molecule has 4 nitrogen and oxygen atoms in total. The molecule has 0 fully saturated rings. The van der Waals surface area contributed by atoms with Crippen molar-refractivity contribution in [2.24, 2.45) is 5.73 Å². The number of rotatable bonds is 2. The summed E-state index contributed by atoms with van der Waals surface area (Å²) in [6.45, 7) is 0.572. The van der Waals surface area contributed by atoms with Gasteiger partial charge in [-0.3, -0.25) is 0 Å². The minimum atomic E-state index is 0.572. The van der Waals surface area contributed by atoms with Crippen molar-refractivity contribution < 1.29 is 0 Å². The van der Waals surface area contributed by atoms with Crippen molar-refractivity contribution in [3.05, 3.63) is 18.2 Å². The van der Waals surface area contributed by atoms with Gasteiger partial charge < -0.3 is 5.73 Å². The highest BCUT2D eigenvalue weighted by Crippen LogP contribution is 1.93. The standard InChI is InChI=1S/C6H8N4/c7-2-1-6-3-10(4-8)5-9-6/h3,5H,1-2,7H2. The molecule has 0 atom stereocenters. The van der Waals surface area contributed by atoms with Crippen LogP contribution in [0.3, 0.4) is 0 Å². The second kappa shape index (κ2) is 2.99. The Kier molecular flexibility index (Phi) is 2.03. The van der Waals surface area contributed by atoms with Crippen LogP contribution in [-0.4, -0.2) is 16.1 Å². The van der Waals surface area contributed by atoms with Crippen molar-refractivity contribution in [1.29, 1.82) is 5.26 Å². The first-order valence-corrected chi connectivity index (χ1v) is 3.00. The number of hydrogen-bond acceptors (Lipinski definition) is 3. The van der Waals surface area contributed by atoms with Crippen LogP contribution in [0.25, 0.3) is 0 Å². The maximum Gasteiger partial charge on any atom is 0.189 e. The van der Waals surface area contributed by atoms with Crippen LogP contribution in [0, 0.1) is 11.5 Å². The molecule has 0 spiro atoms. The van der Waals surface area contributed by atoms with Gasteiger partial charge >= 0.3 is 0 Å². The summed E-state index contributed by atoms with van der Waals surface area (Å²) in [6.07, 6.45) is 5.80. The predicted molar refractivity (Wildman–Crippen MR) is 36.0 cm³/mol. The zero-order chi connectivity index (χ0) is 7.40. The van der Waals surface area contributed by atoms with E-state index in [0.29, 0.717) is 6.54 Å². The average Bonchev–Trinajstić information content (AvgIpc) is 2.37. The molecule has 10 heavy (non-hydrogen) atoms. The highest BCUT2D eigenvalue weighted by Gasteiger charge is 1.94. The molecular weight excluding hydrogens is 128 g/mol. The van der Waals surface area contributed by atoms with Gasteiger partial charge in [0.25, 0.3) is 0 Å². The molecule has 0 radical (unpaired) electrons. The van der Waals surface area contributed by atoms with Gasteiger partial charge in [-0.2, -0.15) is 5.26 Å². The lowest BCUT2D eigenvalue weighted by atomic mass is 10.3. The lowest BCUT2D eigenvalue weighted by Crippen LogP contribution is -2.02. The maximum absolute atomic E-state index is 8.36. The molecule has 1 aromatic heterocycles. The highest BCUT2D eigenvalue weighted by atomic mass is 15.0. The summed E-state index contributed by atoms with van der Waals surface area (Å²) in [5.74, 6) is 0. The number of hydrogen-bond donors (Lipinski definition) is 1. The van der Waals surface area contributed by atoms with Gasteiger partial charge in [0.2, 0.25) is 0 Å². The van der Waals surface area contributed by atoms with Crippen LogP contribution in [0.15, 0.2) is 12.5 Å². The zero-order valence-corrected chi connectivity index (χ0v) is 5.49. The van der Waals surface area contributed by atoms with Crippen LogP contribution in [0.2, 0.25) is 0 Å². The summed E-state index contributed by atoms with van der Waals surface area (Å²) in [4.78, 5) is 3.94. The molecule has 0 aliphatic rings. The average molecular weight is 136 g/mol. The summed E-state index contributed by atoms with van der Waals surface area (Å²) in [5.41, 5.74) is 6.14. The maximum atomic E-state index is 8.36. The fraction of sp³-hybridized carbons (Fsp3) is 0.333. The van der Waals surface area contributed by atoms with E-state index < -0.39 is 0 Å². The predicted octanol–water partition coefficient (Wildman–Crippen LogP) is -0.287. The summed E-state index contributed by atoms with van der Waals surface area (Å²) in [7, 11) is 0. The minimum Gasteiger partial charge on any atom is -0.330 e. The Hall–Kier alpha value is -1.34. The molecule has 1 aromatic rings. The molecule has 0 amide bonds. The Labute approximate surface area is 58.9 Å². The van der Waals surface area contributed by atoms with Crippen LogP contribution in [0.5, 0.6) is 0 Å². The summed E-state index contributed by atoms with van der Waals surface area (Å²) < 4.78 is 1.35. The first kappa shape index (κ1) is 6.78. The number of aromatic nitrogens is 2. The first-order valence-electron chi connectivity index (χ1n) is 3.00. The van der Waals surface area contributed by atoms with Crippen molar-refractivity contribution in [2.45, 2.75) is 6.42 Å². The molecule has 0 saturated heterocycles. The lowest BCUT2D eigenvalue weighted by molar-refractivity contribution is 0.934. The molecule has 0 aliphatic heterocycles. The number of nitrogens with two attached hydrogens (primary N) is 1. The van der Waals surface area contributed by atoms with Gasteiger partial charge in [0.15, 0.2) is 6.19 Å². The summed E-state index contributed by atoms with van der Waals surface area (Å²) >= 11 is 0. The third kappa shape index (κ3) is 1.33. The van der Waals surface area contributed by atoms with Gasteiger partial charge in [-0.15, -0.1) is 0 Å². The highest BCUT2D eigenvalue weighted by molar-refractivity contribution is 5.01. The Morgan fingerprint density at radius 1 is 1.80 bits per heavy atom. The molecule has 2 N–H and O–H groups in total. The van der Waals surface area contributed by atoms with Gasteiger partial charge in [-0.05, 0) is 6.54 Å². The Morgan fingerprint density at radius 3 is 3.10 bits per heavy atom. The Bertz CT molecular complexity index is 244. The monoisotopic (exact) mass is 136 g/mol. The van der Waals surface area contributed by atoms with E-state index in [1.807, 2.05) is 6.19 Å². The lowest BCUT2D eigenvalue weighted by Gasteiger charge is -1.85. The zero-order valence-electron chi connectivity index (χ0n) is 5.49. The van der Waals surface area contributed by atoms with Gasteiger partial charge in [0.1, 0.15) is 6.33 Å².